The maximum absolute atomic E-state index is 13.3. The van der Waals surface area contributed by atoms with Crippen LogP contribution in [0.4, 0.5) is 0 Å². The molecule has 0 spiro atoms. The molecule has 0 fully saturated rings. The van der Waals surface area contributed by atoms with E-state index in [4.69, 9.17) is 23.2 Å². The van der Waals surface area contributed by atoms with Gasteiger partial charge in [0.05, 0.1) is 22.7 Å². The van der Waals surface area contributed by atoms with E-state index in [1.807, 2.05) is 26.0 Å². The van der Waals surface area contributed by atoms with Crippen LogP contribution >= 0.6 is 35.0 Å². The summed E-state index contributed by atoms with van der Waals surface area (Å²) in [6, 6.07) is 15.6. The molecule has 0 aliphatic rings. The van der Waals surface area contributed by atoms with Crippen LogP contribution in [0.1, 0.15) is 24.1 Å². The van der Waals surface area contributed by atoms with Crippen molar-refractivity contribution in [3.05, 3.63) is 92.3 Å². The third-order valence-electron chi connectivity index (χ3n) is 5.01. The fraction of sp³-hybridized carbons (Fsp3) is 0.167. The number of hydrogen-bond acceptors (Lipinski definition) is 5. The molecule has 0 radical (unpaired) electrons. The SMILES string of the molecule is Cc1ccc(-n2c(SCC(=O)NC(C)c3ccc(Cl)cc3Cl)nc3ccccc3c2=O)nc1. The van der Waals surface area contributed by atoms with Crippen LogP contribution in [0.3, 0.4) is 0 Å². The molecule has 0 aliphatic carbocycles. The van der Waals surface area contributed by atoms with Gasteiger partial charge in [-0.05, 0) is 55.3 Å². The van der Waals surface area contributed by atoms with Crippen LogP contribution in [0, 0.1) is 6.92 Å². The van der Waals surface area contributed by atoms with Gasteiger partial charge < -0.3 is 5.32 Å². The zero-order valence-corrected chi connectivity index (χ0v) is 20.2. The van der Waals surface area contributed by atoms with E-state index in [-0.39, 0.29) is 23.3 Å². The van der Waals surface area contributed by atoms with Crippen molar-refractivity contribution in [3.8, 4) is 5.82 Å². The van der Waals surface area contributed by atoms with Crippen molar-refractivity contribution < 1.29 is 4.79 Å². The number of halogens is 2. The topological polar surface area (TPSA) is 76.9 Å². The van der Waals surface area contributed by atoms with E-state index in [1.54, 1.807) is 48.7 Å². The van der Waals surface area contributed by atoms with Gasteiger partial charge in [-0.15, -0.1) is 0 Å². The quantitative estimate of drug-likeness (QED) is 0.285. The maximum Gasteiger partial charge on any atom is 0.267 e. The summed E-state index contributed by atoms with van der Waals surface area (Å²) in [7, 11) is 0. The number of hydrogen-bond donors (Lipinski definition) is 1. The van der Waals surface area contributed by atoms with Crippen molar-refractivity contribution in [3.63, 3.8) is 0 Å². The monoisotopic (exact) mass is 498 g/mol. The third kappa shape index (κ3) is 5.21. The van der Waals surface area contributed by atoms with Gasteiger partial charge in [-0.1, -0.05) is 59.2 Å². The Morgan fingerprint density at radius 1 is 1.15 bits per heavy atom. The highest BCUT2D eigenvalue weighted by Crippen LogP contribution is 2.26. The van der Waals surface area contributed by atoms with Gasteiger partial charge in [-0.25, -0.2) is 14.5 Å². The Bertz CT molecular complexity index is 1390. The summed E-state index contributed by atoms with van der Waals surface area (Å²) in [4.78, 5) is 35.0. The fourth-order valence-electron chi connectivity index (χ4n) is 3.35. The number of aryl methyl sites for hydroxylation is 1. The van der Waals surface area contributed by atoms with Crippen LogP contribution in [0.15, 0.2) is 70.7 Å². The van der Waals surface area contributed by atoms with E-state index in [9.17, 15) is 9.59 Å². The summed E-state index contributed by atoms with van der Waals surface area (Å²) in [5, 5.41) is 4.82. The molecule has 0 bridgehead atoms. The molecule has 2 aromatic heterocycles. The maximum atomic E-state index is 13.3. The molecule has 1 N–H and O–H groups in total. The first-order valence-electron chi connectivity index (χ1n) is 10.2. The van der Waals surface area contributed by atoms with Crippen LogP contribution in [-0.2, 0) is 4.79 Å². The number of para-hydroxylation sites is 1. The van der Waals surface area contributed by atoms with E-state index >= 15 is 0 Å². The lowest BCUT2D eigenvalue weighted by molar-refractivity contribution is -0.119. The van der Waals surface area contributed by atoms with Gasteiger partial charge in [-0.3, -0.25) is 9.59 Å². The summed E-state index contributed by atoms with van der Waals surface area (Å²) >= 11 is 13.4. The minimum absolute atomic E-state index is 0.0617. The Kier molecular flexibility index (Phi) is 7.02. The van der Waals surface area contributed by atoms with Gasteiger partial charge in [0.15, 0.2) is 5.16 Å². The van der Waals surface area contributed by atoms with Gasteiger partial charge >= 0.3 is 0 Å². The number of thioether (sulfide) groups is 1. The second kappa shape index (κ2) is 9.95. The molecular formula is C24H20Cl2N4O2S. The molecule has 1 unspecified atom stereocenters. The molecule has 2 heterocycles. The summed E-state index contributed by atoms with van der Waals surface area (Å²) in [6.45, 7) is 3.77. The molecule has 9 heteroatoms. The molecular weight excluding hydrogens is 479 g/mol. The number of nitrogens with zero attached hydrogens (tertiary/aromatic N) is 3. The molecule has 4 aromatic rings. The van der Waals surface area contributed by atoms with Crippen LogP contribution in [0.5, 0.6) is 0 Å². The lowest BCUT2D eigenvalue weighted by Gasteiger charge is -2.16. The zero-order valence-electron chi connectivity index (χ0n) is 17.9. The Morgan fingerprint density at radius 3 is 2.67 bits per heavy atom. The normalized spacial score (nSPS) is 12.0. The minimum atomic E-state index is -0.312. The average molecular weight is 499 g/mol. The number of aromatic nitrogens is 3. The highest BCUT2D eigenvalue weighted by Gasteiger charge is 2.17. The number of fused-ring (bicyclic) bond motifs is 1. The Balaban J connectivity index is 1.60. The number of nitrogens with one attached hydrogen (secondary N) is 1. The van der Waals surface area contributed by atoms with Gasteiger partial charge in [0.1, 0.15) is 5.82 Å². The summed E-state index contributed by atoms with van der Waals surface area (Å²) < 4.78 is 1.44. The summed E-state index contributed by atoms with van der Waals surface area (Å²) in [6.07, 6.45) is 1.69. The molecule has 0 saturated heterocycles. The largest absolute Gasteiger partial charge is 0.349 e. The first kappa shape index (κ1) is 23.3. The molecule has 33 heavy (non-hydrogen) atoms. The minimum Gasteiger partial charge on any atom is -0.349 e. The summed E-state index contributed by atoms with van der Waals surface area (Å²) in [5.41, 5.74) is 2.07. The van der Waals surface area contributed by atoms with Gasteiger partial charge in [0.2, 0.25) is 5.91 Å². The smallest absolute Gasteiger partial charge is 0.267 e. The van der Waals surface area contributed by atoms with Crippen LogP contribution < -0.4 is 10.9 Å². The van der Waals surface area contributed by atoms with Crippen molar-refractivity contribution in [1.82, 2.24) is 19.9 Å². The molecule has 2 aromatic carbocycles. The Hall–Kier alpha value is -2.87. The van der Waals surface area contributed by atoms with E-state index in [0.717, 1.165) is 11.1 Å². The number of pyridine rings is 1. The zero-order chi connectivity index (χ0) is 23.5. The number of carbonyl (C=O) groups excluding carboxylic acids is 1. The molecule has 6 nitrogen and oxygen atoms in total. The van der Waals surface area contributed by atoms with E-state index in [2.05, 4.69) is 15.3 Å². The van der Waals surface area contributed by atoms with Crippen LogP contribution in [0.2, 0.25) is 10.0 Å². The van der Waals surface area contributed by atoms with Gasteiger partial charge in [0, 0.05) is 16.2 Å². The third-order valence-corrected chi connectivity index (χ3v) is 6.51. The van der Waals surface area contributed by atoms with Crippen molar-refractivity contribution in [2.24, 2.45) is 0 Å². The Labute approximate surface area is 205 Å². The van der Waals surface area contributed by atoms with E-state index < -0.39 is 0 Å². The molecule has 0 saturated carbocycles. The molecule has 168 valence electrons. The number of amides is 1. The molecule has 4 rings (SSSR count). The lowest BCUT2D eigenvalue weighted by atomic mass is 10.1. The highest BCUT2D eigenvalue weighted by atomic mass is 35.5. The molecule has 1 amide bonds. The lowest BCUT2D eigenvalue weighted by Crippen LogP contribution is -2.29. The average Bonchev–Trinajstić information content (AvgIpc) is 2.78. The summed E-state index contributed by atoms with van der Waals surface area (Å²) in [5.74, 6) is 0.295. The predicted octanol–water partition coefficient (Wildman–Crippen LogP) is 5.37. The van der Waals surface area contributed by atoms with Crippen molar-refractivity contribution in [2.45, 2.75) is 25.0 Å². The van der Waals surface area contributed by atoms with E-state index in [0.29, 0.717) is 31.9 Å². The second-order valence-electron chi connectivity index (χ2n) is 7.49. The van der Waals surface area contributed by atoms with Crippen molar-refractivity contribution in [1.29, 1.82) is 0 Å². The number of rotatable bonds is 6. The predicted molar refractivity (Wildman–Crippen MR) is 134 cm³/mol. The van der Waals surface area contributed by atoms with Crippen molar-refractivity contribution in [2.75, 3.05) is 5.75 Å². The molecule has 0 aliphatic heterocycles. The van der Waals surface area contributed by atoms with Crippen LogP contribution in [-0.4, -0.2) is 26.2 Å². The molecule has 1 atom stereocenters. The van der Waals surface area contributed by atoms with E-state index in [1.165, 1.54) is 16.3 Å². The number of carbonyl (C=O) groups is 1. The Morgan fingerprint density at radius 2 is 1.94 bits per heavy atom. The van der Waals surface area contributed by atoms with Crippen molar-refractivity contribution >= 4 is 51.8 Å². The fourth-order valence-corrected chi connectivity index (χ4v) is 4.73. The first-order chi connectivity index (χ1) is 15.8. The number of benzene rings is 2. The highest BCUT2D eigenvalue weighted by molar-refractivity contribution is 7.99. The first-order valence-corrected chi connectivity index (χ1v) is 11.9. The standard InChI is InChI=1S/C24H20Cl2N4O2S/c1-14-7-10-21(27-12-14)30-23(32)18-5-3-4-6-20(18)29-24(30)33-13-22(31)28-15(2)17-9-8-16(25)11-19(17)26/h3-12,15H,13H2,1-2H3,(H,28,31). The second-order valence-corrected chi connectivity index (χ2v) is 9.28. The van der Waals surface area contributed by atoms with Gasteiger partial charge in [0.25, 0.3) is 5.56 Å². The van der Waals surface area contributed by atoms with Crippen LogP contribution in [0.25, 0.3) is 16.7 Å². The van der Waals surface area contributed by atoms with Gasteiger partial charge in [-0.2, -0.15) is 0 Å².